The molecule has 0 aliphatic heterocycles. The standard InChI is InChI=1S/C8H8N2O2/c1-5-3-6-7(4-9-5)12-8(11)10(6)2/h3-4H,1-2H3. The highest BCUT2D eigenvalue weighted by Crippen LogP contribution is 2.10. The molecule has 0 amide bonds. The van der Waals surface area contributed by atoms with Gasteiger partial charge in [0.25, 0.3) is 0 Å². The van der Waals surface area contributed by atoms with E-state index in [0.717, 1.165) is 11.2 Å². The number of pyridine rings is 1. The second-order valence-electron chi connectivity index (χ2n) is 2.72. The Kier molecular flexibility index (Phi) is 1.30. The molecular formula is C8H8N2O2. The number of rotatable bonds is 0. The third kappa shape index (κ3) is 0.845. The summed E-state index contributed by atoms with van der Waals surface area (Å²) in [6, 6.07) is 1.82. The van der Waals surface area contributed by atoms with Crippen molar-refractivity contribution in [2.24, 2.45) is 7.05 Å². The van der Waals surface area contributed by atoms with Crippen molar-refractivity contribution in [1.29, 1.82) is 0 Å². The maximum absolute atomic E-state index is 11.0. The first kappa shape index (κ1) is 7.09. The van der Waals surface area contributed by atoms with Crippen molar-refractivity contribution in [2.45, 2.75) is 6.92 Å². The summed E-state index contributed by atoms with van der Waals surface area (Å²) in [5, 5.41) is 0. The lowest BCUT2D eigenvalue weighted by atomic mass is 10.3. The van der Waals surface area contributed by atoms with E-state index in [1.807, 2.05) is 13.0 Å². The Morgan fingerprint density at radius 2 is 2.33 bits per heavy atom. The van der Waals surface area contributed by atoms with Crippen molar-refractivity contribution in [2.75, 3.05) is 0 Å². The van der Waals surface area contributed by atoms with Crippen LogP contribution in [0.2, 0.25) is 0 Å². The van der Waals surface area contributed by atoms with Crippen LogP contribution in [0.1, 0.15) is 5.69 Å². The minimum atomic E-state index is -0.350. The van der Waals surface area contributed by atoms with Crippen LogP contribution in [0.5, 0.6) is 0 Å². The molecule has 0 atom stereocenters. The number of aryl methyl sites for hydroxylation is 2. The van der Waals surface area contributed by atoms with E-state index in [1.54, 1.807) is 13.2 Å². The van der Waals surface area contributed by atoms with E-state index in [4.69, 9.17) is 4.42 Å². The van der Waals surface area contributed by atoms with Crippen molar-refractivity contribution in [1.82, 2.24) is 9.55 Å². The van der Waals surface area contributed by atoms with Gasteiger partial charge in [0.2, 0.25) is 0 Å². The molecule has 4 heteroatoms. The fourth-order valence-corrected chi connectivity index (χ4v) is 1.13. The highest BCUT2D eigenvalue weighted by atomic mass is 16.4. The lowest BCUT2D eigenvalue weighted by Crippen LogP contribution is -2.08. The first-order chi connectivity index (χ1) is 5.68. The summed E-state index contributed by atoms with van der Waals surface area (Å²) in [7, 11) is 1.67. The molecule has 0 saturated carbocycles. The molecule has 62 valence electrons. The highest BCUT2D eigenvalue weighted by molar-refractivity contribution is 5.71. The van der Waals surface area contributed by atoms with Gasteiger partial charge in [0.15, 0.2) is 5.58 Å². The van der Waals surface area contributed by atoms with Gasteiger partial charge < -0.3 is 4.42 Å². The molecule has 0 spiro atoms. The fourth-order valence-electron chi connectivity index (χ4n) is 1.13. The lowest BCUT2D eigenvalue weighted by Gasteiger charge is -1.91. The monoisotopic (exact) mass is 164 g/mol. The van der Waals surface area contributed by atoms with E-state index in [1.165, 1.54) is 4.57 Å². The fraction of sp³-hybridized carbons (Fsp3) is 0.250. The Morgan fingerprint density at radius 3 is 3.08 bits per heavy atom. The topological polar surface area (TPSA) is 48.0 Å². The smallest absolute Gasteiger partial charge is 0.406 e. The van der Waals surface area contributed by atoms with Gasteiger partial charge in [-0.2, -0.15) is 0 Å². The van der Waals surface area contributed by atoms with E-state index >= 15 is 0 Å². The third-order valence-electron chi connectivity index (χ3n) is 1.82. The van der Waals surface area contributed by atoms with Crippen LogP contribution in [-0.2, 0) is 7.05 Å². The van der Waals surface area contributed by atoms with Crippen molar-refractivity contribution < 1.29 is 4.42 Å². The quantitative estimate of drug-likeness (QED) is 0.579. The molecule has 0 unspecified atom stereocenters. The zero-order valence-corrected chi connectivity index (χ0v) is 6.87. The van der Waals surface area contributed by atoms with Gasteiger partial charge in [-0.15, -0.1) is 0 Å². The molecule has 0 aromatic carbocycles. The predicted octanol–water partition coefficient (Wildman–Crippen LogP) is 0.835. The molecule has 0 N–H and O–H groups in total. The Labute approximate surface area is 68.4 Å². The van der Waals surface area contributed by atoms with Crippen LogP contribution in [0.15, 0.2) is 21.5 Å². The predicted molar refractivity (Wildman–Crippen MR) is 44.0 cm³/mol. The average Bonchev–Trinajstić information content (AvgIpc) is 2.31. The number of hydrogen-bond donors (Lipinski definition) is 0. The maximum Gasteiger partial charge on any atom is 0.419 e. The van der Waals surface area contributed by atoms with Crippen LogP contribution in [0.25, 0.3) is 11.1 Å². The highest BCUT2D eigenvalue weighted by Gasteiger charge is 2.04. The second-order valence-corrected chi connectivity index (χ2v) is 2.72. The molecule has 0 bridgehead atoms. The van der Waals surface area contributed by atoms with Gasteiger partial charge in [-0.25, -0.2) is 4.79 Å². The van der Waals surface area contributed by atoms with Gasteiger partial charge in [-0.1, -0.05) is 0 Å². The molecule has 2 rings (SSSR count). The van der Waals surface area contributed by atoms with Crippen LogP contribution in [-0.4, -0.2) is 9.55 Å². The minimum absolute atomic E-state index is 0.350. The number of aromatic nitrogens is 2. The Morgan fingerprint density at radius 1 is 1.58 bits per heavy atom. The first-order valence-corrected chi connectivity index (χ1v) is 3.60. The summed E-state index contributed by atoms with van der Waals surface area (Å²) in [5.74, 6) is -0.350. The third-order valence-corrected chi connectivity index (χ3v) is 1.82. The van der Waals surface area contributed by atoms with E-state index in [2.05, 4.69) is 4.98 Å². The van der Waals surface area contributed by atoms with Crippen LogP contribution in [0.3, 0.4) is 0 Å². The summed E-state index contributed by atoms with van der Waals surface area (Å²) >= 11 is 0. The van der Waals surface area contributed by atoms with Crippen LogP contribution < -0.4 is 5.76 Å². The number of fused-ring (bicyclic) bond motifs is 1. The summed E-state index contributed by atoms with van der Waals surface area (Å²) < 4.78 is 6.36. The Bertz CT molecular complexity index is 481. The number of hydrogen-bond acceptors (Lipinski definition) is 3. The SMILES string of the molecule is Cc1cc2c(cn1)oc(=O)n2C. The average molecular weight is 164 g/mol. The van der Waals surface area contributed by atoms with E-state index in [-0.39, 0.29) is 5.76 Å². The van der Waals surface area contributed by atoms with E-state index < -0.39 is 0 Å². The summed E-state index contributed by atoms with van der Waals surface area (Å²) in [6.45, 7) is 1.87. The molecule has 12 heavy (non-hydrogen) atoms. The summed E-state index contributed by atoms with van der Waals surface area (Å²) in [6.07, 6.45) is 1.56. The van der Waals surface area contributed by atoms with E-state index in [0.29, 0.717) is 5.58 Å². The number of nitrogens with zero attached hydrogens (tertiary/aromatic N) is 2. The van der Waals surface area contributed by atoms with Gasteiger partial charge in [-0.05, 0) is 13.0 Å². The maximum atomic E-state index is 11.0. The molecule has 0 fully saturated rings. The molecule has 0 aliphatic rings. The van der Waals surface area contributed by atoms with Crippen molar-refractivity contribution in [3.8, 4) is 0 Å². The summed E-state index contributed by atoms with van der Waals surface area (Å²) in [4.78, 5) is 15.0. The van der Waals surface area contributed by atoms with Crippen molar-refractivity contribution in [3.63, 3.8) is 0 Å². The summed E-state index contributed by atoms with van der Waals surface area (Å²) in [5.41, 5.74) is 2.19. The molecule has 2 aromatic rings. The largest absolute Gasteiger partial charge is 0.419 e. The van der Waals surface area contributed by atoms with Gasteiger partial charge >= 0.3 is 5.76 Å². The van der Waals surface area contributed by atoms with E-state index in [9.17, 15) is 4.79 Å². The molecule has 0 aliphatic carbocycles. The van der Waals surface area contributed by atoms with Crippen molar-refractivity contribution >= 4 is 11.1 Å². The lowest BCUT2D eigenvalue weighted by molar-refractivity contribution is 0.527. The van der Waals surface area contributed by atoms with Crippen LogP contribution >= 0.6 is 0 Å². The normalized spacial score (nSPS) is 10.8. The van der Waals surface area contributed by atoms with Gasteiger partial charge in [0.1, 0.15) is 0 Å². The second kappa shape index (κ2) is 2.20. The molecule has 0 radical (unpaired) electrons. The van der Waals surface area contributed by atoms with Gasteiger partial charge in [-0.3, -0.25) is 9.55 Å². The Balaban J connectivity index is 2.98. The molecular weight excluding hydrogens is 156 g/mol. The zero-order chi connectivity index (χ0) is 8.72. The molecule has 4 nitrogen and oxygen atoms in total. The van der Waals surface area contributed by atoms with Gasteiger partial charge in [0, 0.05) is 12.7 Å². The number of oxazole rings is 1. The van der Waals surface area contributed by atoms with Crippen LogP contribution in [0.4, 0.5) is 0 Å². The van der Waals surface area contributed by atoms with Gasteiger partial charge in [0.05, 0.1) is 11.7 Å². The van der Waals surface area contributed by atoms with Crippen molar-refractivity contribution in [3.05, 3.63) is 28.5 Å². The Hall–Kier alpha value is -1.58. The zero-order valence-electron chi connectivity index (χ0n) is 6.87. The first-order valence-electron chi connectivity index (χ1n) is 3.60. The minimum Gasteiger partial charge on any atom is -0.406 e. The molecule has 2 aromatic heterocycles. The van der Waals surface area contributed by atoms with Crippen LogP contribution in [0, 0.1) is 6.92 Å². The molecule has 0 saturated heterocycles. The molecule has 2 heterocycles.